The lowest BCUT2D eigenvalue weighted by atomic mass is 10.1. The summed E-state index contributed by atoms with van der Waals surface area (Å²) in [4.78, 5) is 13.2. The largest absolute Gasteiger partial charge is 0.475 e. The van der Waals surface area contributed by atoms with E-state index in [-0.39, 0.29) is 12.0 Å². The highest BCUT2D eigenvalue weighted by Crippen LogP contribution is 2.25. The molecule has 1 aliphatic rings. The molecule has 1 N–H and O–H groups in total. The molecule has 3 rings (SSSR count). The molecule has 1 unspecified atom stereocenters. The topological polar surface area (TPSA) is 62.9 Å². The zero-order valence-electron chi connectivity index (χ0n) is 12.0. The quantitative estimate of drug-likeness (QED) is 0.935. The summed E-state index contributed by atoms with van der Waals surface area (Å²) in [5, 5.41) is 9.69. The highest BCUT2D eigenvalue weighted by molar-refractivity contribution is 5.91. The van der Waals surface area contributed by atoms with Crippen LogP contribution in [0.1, 0.15) is 36.7 Å². The lowest BCUT2D eigenvalue weighted by molar-refractivity contribution is 0.0263. The number of rotatable bonds is 4. The first kappa shape index (κ1) is 13.9. The van der Waals surface area contributed by atoms with Crippen molar-refractivity contribution in [3.05, 3.63) is 30.0 Å². The number of carbonyl (C=O) groups is 1. The minimum atomic E-state index is -1.06. The molecule has 0 amide bonds. The van der Waals surface area contributed by atoms with Crippen molar-refractivity contribution in [1.29, 1.82) is 0 Å². The molecule has 1 fully saturated rings. The Morgan fingerprint density at radius 1 is 1.29 bits per heavy atom. The van der Waals surface area contributed by atoms with E-state index in [1.807, 2.05) is 19.1 Å². The molecular formula is C16H19NO4. The van der Waals surface area contributed by atoms with Gasteiger partial charge in [0, 0.05) is 18.5 Å². The maximum atomic E-state index is 10.9. The molecule has 0 aliphatic carbocycles. The zero-order chi connectivity index (χ0) is 14.8. The molecule has 1 aromatic carbocycles. The van der Waals surface area contributed by atoms with Crippen LogP contribution in [0.3, 0.4) is 0 Å². The minimum Gasteiger partial charge on any atom is -0.475 e. The van der Waals surface area contributed by atoms with Gasteiger partial charge in [0.05, 0.1) is 0 Å². The van der Waals surface area contributed by atoms with Gasteiger partial charge in [-0.15, -0.1) is 0 Å². The van der Waals surface area contributed by atoms with Crippen molar-refractivity contribution < 1.29 is 19.1 Å². The van der Waals surface area contributed by atoms with Gasteiger partial charge < -0.3 is 14.3 Å². The summed E-state index contributed by atoms with van der Waals surface area (Å²) in [5.41, 5.74) is 0.561. The van der Waals surface area contributed by atoms with E-state index in [9.17, 15) is 4.79 Å². The van der Waals surface area contributed by atoms with Crippen molar-refractivity contribution in [2.45, 2.75) is 32.4 Å². The van der Waals surface area contributed by atoms with Gasteiger partial charge in [0.1, 0.15) is 17.6 Å². The molecule has 1 saturated heterocycles. The Balaban J connectivity index is 1.75. The number of hydrogen-bond donors (Lipinski definition) is 1. The molecule has 1 atom stereocenters. The molecule has 112 valence electrons. The number of aromatic carboxylic acids is 1. The molecule has 5 heteroatoms. The minimum absolute atomic E-state index is 0.0218. The Morgan fingerprint density at radius 3 is 2.76 bits per heavy atom. The first-order valence-electron chi connectivity index (χ1n) is 7.31. The van der Waals surface area contributed by atoms with Crippen LogP contribution >= 0.6 is 0 Å². The first-order chi connectivity index (χ1) is 10.1. The van der Waals surface area contributed by atoms with E-state index in [2.05, 4.69) is 4.90 Å². The molecule has 0 spiro atoms. The van der Waals surface area contributed by atoms with Crippen LogP contribution in [0.25, 0.3) is 11.0 Å². The summed E-state index contributed by atoms with van der Waals surface area (Å²) >= 11 is 0. The molecule has 0 bridgehead atoms. The van der Waals surface area contributed by atoms with E-state index < -0.39 is 5.97 Å². The Hall–Kier alpha value is -2.01. The lowest BCUT2D eigenvalue weighted by Crippen LogP contribution is -2.40. The number of hydrogen-bond acceptors (Lipinski definition) is 4. The first-order valence-corrected chi connectivity index (χ1v) is 7.31. The van der Waals surface area contributed by atoms with Gasteiger partial charge in [0.15, 0.2) is 0 Å². The fraction of sp³-hybridized carbons (Fsp3) is 0.438. The molecule has 0 saturated carbocycles. The van der Waals surface area contributed by atoms with Crippen molar-refractivity contribution in [2.24, 2.45) is 0 Å². The fourth-order valence-corrected chi connectivity index (χ4v) is 2.75. The third-order valence-corrected chi connectivity index (χ3v) is 3.91. The Bertz CT molecular complexity index is 643. The van der Waals surface area contributed by atoms with Crippen LogP contribution in [0.4, 0.5) is 0 Å². The van der Waals surface area contributed by atoms with Crippen LogP contribution in [-0.2, 0) is 0 Å². The van der Waals surface area contributed by atoms with Crippen LogP contribution in [0.5, 0.6) is 5.75 Å². The number of ether oxygens (including phenoxy) is 1. The lowest BCUT2D eigenvalue weighted by Gasteiger charge is -2.32. The standard InChI is InChI=1S/C16H19NO4/c1-11(17-7-3-2-4-8-17)20-13-5-6-14-12(9-13)10-15(21-14)16(18)19/h5-6,9-11H,2-4,7-8H2,1H3,(H,18,19). The molecular weight excluding hydrogens is 270 g/mol. The molecule has 2 aromatic rings. The van der Waals surface area contributed by atoms with E-state index in [4.69, 9.17) is 14.3 Å². The van der Waals surface area contributed by atoms with Crippen LogP contribution < -0.4 is 4.74 Å². The molecule has 2 heterocycles. The number of fused-ring (bicyclic) bond motifs is 1. The van der Waals surface area contributed by atoms with Crippen LogP contribution in [-0.4, -0.2) is 35.3 Å². The highest BCUT2D eigenvalue weighted by Gasteiger charge is 2.18. The van der Waals surface area contributed by atoms with E-state index in [1.165, 1.54) is 25.3 Å². The van der Waals surface area contributed by atoms with Gasteiger partial charge in [0.2, 0.25) is 5.76 Å². The second kappa shape index (κ2) is 5.77. The third kappa shape index (κ3) is 3.03. The molecule has 5 nitrogen and oxygen atoms in total. The molecule has 1 aliphatic heterocycles. The summed E-state index contributed by atoms with van der Waals surface area (Å²) in [5.74, 6) is -0.375. The summed E-state index contributed by atoms with van der Waals surface area (Å²) < 4.78 is 11.2. The Labute approximate surface area is 123 Å². The molecule has 0 radical (unpaired) electrons. The summed E-state index contributed by atoms with van der Waals surface area (Å²) in [7, 11) is 0. The molecule has 21 heavy (non-hydrogen) atoms. The average Bonchev–Trinajstić information content (AvgIpc) is 2.91. The van der Waals surface area contributed by atoms with E-state index in [1.54, 1.807) is 6.07 Å². The van der Waals surface area contributed by atoms with Gasteiger partial charge in [0.25, 0.3) is 0 Å². The zero-order valence-corrected chi connectivity index (χ0v) is 12.0. The number of furan rings is 1. The fourth-order valence-electron chi connectivity index (χ4n) is 2.75. The van der Waals surface area contributed by atoms with Crippen molar-refractivity contribution in [1.82, 2.24) is 4.90 Å². The smallest absolute Gasteiger partial charge is 0.371 e. The predicted octanol–water partition coefficient (Wildman–Crippen LogP) is 3.34. The van der Waals surface area contributed by atoms with Gasteiger partial charge in [-0.1, -0.05) is 6.42 Å². The average molecular weight is 289 g/mol. The third-order valence-electron chi connectivity index (χ3n) is 3.91. The van der Waals surface area contributed by atoms with Gasteiger partial charge in [-0.2, -0.15) is 0 Å². The monoisotopic (exact) mass is 289 g/mol. The second-order valence-electron chi connectivity index (χ2n) is 5.43. The van der Waals surface area contributed by atoms with Crippen LogP contribution in [0.2, 0.25) is 0 Å². The maximum Gasteiger partial charge on any atom is 0.371 e. The number of carboxylic acids is 1. The van der Waals surface area contributed by atoms with Crippen molar-refractivity contribution in [2.75, 3.05) is 13.1 Å². The molecule has 1 aromatic heterocycles. The number of carboxylic acid groups (broad SMARTS) is 1. The number of benzene rings is 1. The highest BCUT2D eigenvalue weighted by atomic mass is 16.5. The van der Waals surface area contributed by atoms with Crippen LogP contribution in [0.15, 0.2) is 28.7 Å². The summed E-state index contributed by atoms with van der Waals surface area (Å²) in [6.07, 6.45) is 3.75. The maximum absolute atomic E-state index is 10.9. The van der Waals surface area contributed by atoms with Crippen LogP contribution in [0, 0.1) is 0 Å². The SMILES string of the molecule is CC(Oc1ccc2oc(C(=O)O)cc2c1)N1CCCCC1. The van der Waals surface area contributed by atoms with Gasteiger partial charge in [-0.05, 0) is 44.0 Å². The normalized spacial score (nSPS) is 17.8. The van der Waals surface area contributed by atoms with E-state index in [0.717, 1.165) is 24.2 Å². The van der Waals surface area contributed by atoms with Crippen molar-refractivity contribution in [3.63, 3.8) is 0 Å². The van der Waals surface area contributed by atoms with Gasteiger partial charge in [-0.3, -0.25) is 4.90 Å². The Kier molecular flexibility index (Phi) is 3.84. The van der Waals surface area contributed by atoms with E-state index >= 15 is 0 Å². The van der Waals surface area contributed by atoms with Gasteiger partial charge >= 0.3 is 5.97 Å². The summed E-state index contributed by atoms with van der Waals surface area (Å²) in [6, 6.07) is 6.92. The van der Waals surface area contributed by atoms with Gasteiger partial charge in [-0.25, -0.2) is 4.79 Å². The number of piperidine rings is 1. The summed E-state index contributed by atoms with van der Waals surface area (Å²) in [6.45, 7) is 4.18. The number of nitrogens with zero attached hydrogens (tertiary/aromatic N) is 1. The van der Waals surface area contributed by atoms with E-state index in [0.29, 0.717) is 5.58 Å². The second-order valence-corrected chi connectivity index (χ2v) is 5.43. The van der Waals surface area contributed by atoms with Crippen molar-refractivity contribution in [3.8, 4) is 5.75 Å². The number of likely N-dealkylation sites (tertiary alicyclic amines) is 1. The Morgan fingerprint density at radius 2 is 2.05 bits per heavy atom. The predicted molar refractivity (Wildman–Crippen MR) is 78.7 cm³/mol. The van der Waals surface area contributed by atoms with Crippen molar-refractivity contribution >= 4 is 16.9 Å².